The summed E-state index contributed by atoms with van der Waals surface area (Å²) in [4.78, 5) is 37.6. The standard InChI is InChI=1S/C26H20ClNO5S/c27-21-14-19(8-11-22(21)33-16-18-6-9-20(10-7-18)25(30)31)15-23-24(29)28(26(32)34-23)13-12-17-4-2-1-3-5-17/h1-11,14-15H,12-13,16H2,(H,30,31)/b23-15-. The summed E-state index contributed by atoms with van der Waals surface area (Å²) in [5, 5.41) is 9.05. The largest absolute Gasteiger partial charge is 0.487 e. The molecule has 1 heterocycles. The molecule has 172 valence electrons. The van der Waals surface area contributed by atoms with Gasteiger partial charge in [0.05, 0.1) is 15.5 Å². The molecular formula is C26H20ClNO5S. The minimum atomic E-state index is -0.986. The highest BCUT2D eigenvalue weighted by atomic mass is 35.5. The number of thioether (sulfide) groups is 1. The van der Waals surface area contributed by atoms with Crippen LogP contribution in [0.3, 0.4) is 0 Å². The molecule has 0 saturated carbocycles. The molecule has 1 N–H and O–H groups in total. The number of amides is 2. The van der Waals surface area contributed by atoms with Crippen LogP contribution in [0.5, 0.6) is 5.75 Å². The molecule has 4 rings (SSSR count). The maximum absolute atomic E-state index is 12.7. The molecule has 0 aromatic heterocycles. The molecule has 6 nitrogen and oxygen atoms in total. The van der Waals surface area contributed by atoms with Gasteiger partial charge in [0.2, 0.25) is 0 Å². The lowest BCUT2D eigenvalue weighted by atomic mass is 10.1. The number of hydrogen-bond donors (Lipinski definition) is 1. The summed E-state index contributed by atoms with van der Waals surface area (Å²) in [5.74, 6) is -0.843. The summed E-state index contributed by atoms with van der Waals surface area (Å²) in [6.45, 7) is 0.548. The number of carboxylic acid groups (broad SMARTS) is 1. The molecule has 0 radical (unpaired) electrons. The number of carbonyl (C=O) groups is 3. The lowest BCUT2D eigenvalue weighted by Gasteiger charge is -2.12. The van der Waals surface area contributed by atoms with E-state index in [1.54, 1.807) is 36.4 Å². The van der Waals surface area contributed by atoms with Crippen LogP contribution in [0.15, 0.2) is 77.7 Å². The second kappa shape index (κ2) is 10.6. The van der Waals surface area contributed by atoms with Gasteiger partial charge in [0.25, 0.3) is 11.1 Å². The monoisotopic (exact) mass is 493 g/mol. The van der Waals surface area contributed by atoms with Crippen molar-refractivity contribution in [2.24, 2.45) is 0 Å². The normalized spacial score (nSPS) is 14.6. The van der Waals surface area contributed by atoms with Crippen LogP contribution in [0.4, 0.5) is 4.79 Å². The zero-order chi connectivity index (χ0) is 24.1. The van der Waals surface area contributed by atoms with Crippen molar-refractivity contribution in [2.75, 3.05) is 6.54 Å². The minimum Gasteiger partial charge on any atom is -0.487 e. The summed E-state index contributed by atoms with van der Waals surface area (Å²) in [6.07, 6.45) is 2.25. The molecule has 1 aliphatic heterocycles. The van der Waals surface area contributed by atoms with Crippen molar-refractivity contribution >= 4 is 46.6 Å². The first-order valence-corrected chi connectivity index (χ1v) is 11.6. The molecular weight excluding hydrogens is 474 g/mol. The summed E-state index contributed by atoms with van der Waals surface area (Å²) < 4.78 is 5.74. The van der Waals surface area contributed by atoms with Gasteiger partial charge in [0.1, 0.15) is 12.4 Å². The van der Waals surface area contributed by atoms with Gasteiger partial charge in [-0.1, -0.05) is 60.1 Å². The second-order valence-electron chi connectivity index (χ2n) is 7.55. The topological polar surface area (TPSA) is 83.9 Å². The SMILES string of the molecule is O=C(O)c1ccc(COc2ccc(/C=C3\SC(=O)N(CCc4ccccc4)C3=O)cc2Cl)cc1. The fourth-order valence-electron chi connectivity index (χ4n) is 3.36. The Kier molecular flexibility index (Phi) is 7.35. The van der Waals surface area contributed by atoms with Gasteiger partial charge in [0.15, 0.2) is 0 Å². The van der Waals surface area contributed by atoms with E-state index in [0.717, 1.165) is 22.9 Å². The number of carbonyl (C=O) groups excluding carboxylic acids is 2. The van der Waals surface area contributed by atoms with Crippen molar-refractivity contribution in [1.29, 1.82) is 0 Å². The molecule has 1 saturated heterocycles. The zero-order valence-electron chi connectivity index (χ0n) is 17.9. The van der Waals surface area contributed by atoms with E-state index < -0.39 is 5.97 Å². The minimum absolute atomic E-state index is 0.204. The number of ether oxygens (including phenoxy) is 1. The van der Waals surface area contributed by atoms with Gasteiger partial charge in [-0.15, -0.1) is 0 Å². The molecule has 3 aromatic carbocycles. The van der Waals surface area contributed by atoms with Crippen molar-refractivity contribution in [3.8, 4) is 5.75 Å². The van der Waals surface area contributed by atoms with Crippen molar-refractivity contribution in [1.82, 2.24) is 4.90 Å². The van der Waals surface area contributed by atoms with Crippen LogP contribution in [0, 0.1) is 0 Å². The molecule has 0 bridgehead atoms. The van der Waals surface area contributed by atoms with E-state index in [2.05, 4.69) is 0 Å². The summed E-state index contributed by atoms with van der Waals surface area (Å²) in [7, 11) is 0. The first-order chi connectivity index (χ1) is 16.4. The smallest absolute Gasteiger partial charge is 0.335 e. The lowest BCUT2D eigenvalue weighted by Crippen LogP contribution is -2.30. The third-order valence-corrected chi connectivity index (χ3v) is 6.39. The van der Waals surface area contributed by atoms with Crippen LogP contribution in [0.25, 0.3) is 6.08 Å². The Hall–Kier alpha value is -3.55. The van der Waals surface area contributed by atoms with E-state index in [0.29, 0.717) is 34.2 Å². The van der Waals surface area contributed by atoms with Crippen LogP contribution in [-0.4, -0.2) is 33.7 Å². The first-order valence-electron chi connectivity index (χ1n) is 10.4. The van der Waals surface area contributed by atoms with Gasteiger partial charge < -0.3 is 9.84 Å². The number of rotatable bonds is 8. The van der Waals surface area contributed by atoms with Crippen LogP contribution in [-0.2, 0) is 17.8 Å². The average molecular weight is 494 g/mol. The van der Waals surface area contributed by atoms with E-state index in [-0.39, 0.29) is 23.3 Å². The van der Waals surface area contributed by atoms with E-state index in [9.17, 15) is 14.4 Å². The fraction of sp³-hybridized carbons (Fsp3) is 0.115. The molecule has 1 aliphatic rings. The molecule has 0 spiro atoms. The van der Waals surface area contributed by atoms with Crippen molar-refractivity contribution in [2.45, 2.75) is 13.0 Å². The molecule has 3 aromatic rings. The van der Waals surface area contributed by atoms with Gasteiger partial charge in [-0.25, -0.2) is 4.79 Å². The van der Waals surface area contributed by atoms with E-state index in [4.69, 9.17) is 21.4 Å². The van der Waals surface area contributed by atoms with Gasteiger partial charge in [0, 0.05) is 6.54 Å². The summed E-state index contributed by atoms with van der Waals surface area (Å²) in [5.41, 5.74) is 2.74. The highest BCUT2D eigenvalue weighted by Gasteiger charge is 2.34. The van der Waals surface area contributed by atoms with Crippen molar-refractivity contribution in [3.05, 3.63) is 105 Å². The highest BCUT2D eigenvalue weighted by Crippen LogP contribution is 2.34. The van der Waals surface area contributed by atoms with Crippen LogP contribution < -0.4 is 4.74 Å². The van der Waals surface area contributed by atoms with Gasteiger partial charge in [-0.05, 0) is 65.2 Å². The number of benzene rings is 3. The van der Waals surface area contributed by atoms with Gasteiger partial charge in [-0.3, -0.25) is 14.5 Å². The molecule has 0 unspecified atom stereocenters. The second-order valence-corrected chi connectivity index (χ2v) is 8.95. The Morgan fingerprint density at radius 2 is 1.74 bits per heavy atom. The maximum atomic E-state index is 12.7. The van der Waals surface area contributed by atoms with Crippen molar-refractivity contribution in [3.63, 3.8) is 0 Å². The summed E-state index contributed by atoms with van der Waals surface area (Å²) in [6, 6.07) is 21.2. The Labute approximate surface area is 205 Å². The fourth-order valence-corrected chi connectivity index (χ4v) is 4.47. The Balaban J connectivity index is 1.39. The lowest BCUT2D eigenvalue weighted by molar-refractivity contribution is -0.122. The van der Waals surface area contributed by atoms with E-state index >= 15 is 0 Å². The third-order valence-electron chi connectivity index (χ3n) is 5.19. The summed E-state index contributed by atoms with van der Waals surface area (Å²) >= 11 is 7.27. The molecule has 0 atom stereocenters. The molecule has 1 fully saturated rings. The zero-order valence-corrected chi connectivity index (χ0v) is 19.5. The number of hydrogen-bond acceptors (Lipinski definition) is 5. The van der Waals surface area contributed by atoms with Crippen LogP contribution in [0.2, 0.25) is 5.02 Å². The van der Waals surface area contributed by atoms with E-state index in [1.807, 2.05) is 30.3 Å². The number of aromatic carboxylic acids is 1. The first kappa shape index (κ1) is 23.6. The third kappa shape index (κ3) is 5.68. The van der Waals surface area contributed by atoms with E-state index in [1.165, 1.54) is 17.0 Å². The quantitative estimate of drug-likeness (QED) is 0.393. The molecule has 8 heteroatoms. The van der Waals surface area contributed by atoms with Crippen molar-refractivity contribution < 1.29 is 24.2 Å². The molecule has 2 amide bonds. The molecule has 34 heavy (non-hydrogen) atoms. The number of imide groups is 1. The number of nitrogens with zero attached hydrogens (tertiary/aromatic N) is 1. The number of carboxylic acids is 1. The maximum Gasteiger partial charge on any atom is 0.335 e. The Morgan fingerprint density at radius 1 is 1.00 bits per heavy atom. The Bertz CT molecular complexity index is 1260. The van der Waals surface area contributed by atoms with Gasteiger partial charge in [-0.2, -0.15) is 0 Å². The average Bonchev–Trinajstić information content (AvgIpc) is 3.10. The van der Waals surface area contributed by atoms with Gasteiger partial charge >= 0.3 is 5.97 Å². The molecule has 0 aliphatic carbocycles. The highest BCUT2D eigenvalue weighted by molar-refractivity contribution is 8.18. The van der Waals surface area contributed by atoms with Crippen LogP contribution >= 0.6 is 23.4 Å². The Morgan fingerprint density at radius 3 is 2.41 bits per heavy atom. The predicted octanol–water partition coefficient (Wildman–Crippen LogP) is 5.90. The number of halogens is 1. The van der Waals surface area contributed by atoms with Crippen LogP contribution in [0.1, 0.15) is 27.0 Å². The predicted molar refractivity (Wildman–Crippen MR) is 132 cm³/mol.